The van der Waals surface area contributed by atoms with Gasteiger partial charge in [-0.1, -0.05) is 0 Å². The Bertz CT molecular complexity index is 1200. The lowest BCUT2D eigenvalue weighted by molar-refractivity contribution is 0.369. The topological polar surface area (TPSA) is 103 Å². The molecule has 0 amide bonds. The van der Waals surface area contributed by atoms with E-state index in [2.05, 4.69) is 15.3 Å². The number of rotatable bonds is 6. The average molecular weight is 459 g/mol. The summed E-state index contributed by atoms with van der Waals surface area (Å²) >= 11 is 0. The van der Waals surface area contributed by atoms with E-state index in [-0.39, 0.29) is 10.6 Å². The van der Waals surface area contributed by atoms with Crippen LogP contribution in [0.2, 0.25) is 0 Å². The Hall–Kier alpha value is -3.18. The van der Waals surface area contributed by atoms with Gasteiger partial charge in [-0.05, 0) is 44.2 Å². The molecule has 170 valence electrons. The third kappa shape index (κ3) is 4.13. The van der Waals surface area contributed by atoms with Gasteiger partial charge in [-0.2, -0.15) is 9.40 Å². The smallest absolute Gasteiger partial charge is 0.246 e. The van der Waals surface area contributed by atoms with E-state index in [9.17, 15) is 8.42 Å². The van der Waals surface area contributed by atoms with Crippen LogP contribution in [0.5, 0.6) is 11.5 Å². The SMILES string of the molecule is COc1ccc(S(=O)(=O)N2CCN(c3ccc(-n4nc(C)cc4C)nn3)CC2)c(OC)c1. The van der Waals surface area contributed by atoms with Crippen molar-refractivity contribution in [1.82, 2.24) is 24.3 Å². The number of hydrogen-bond donors (Lipinski definition) is 0. The molecule has 0 radical (unpaired) electrons. The van der Waals surface area contributed by atoms with Gasteiger partial charge in [0.05, 0.1) is 19.9 Å². The summed E-state index contributed by atoms with van der Waals surface area (Å²) in [6.07, 6.45) is 0. The maximum atomic E-state index is 13.2. The maximum Gasteiger partial charge on any atom is 0.246 e. The number of piperazine rings is 1. The predicted molar refractivity (Wildman–Crippen MR) is 119 cm³/mol. The summed E-state index contributed by atoms with van der Waals surface area (Å²) in [5.41, 5.74) is 1.90. The summed E-state index contributed by atoms with van der Waals surface area (Å²) in [7, 11) is -0.735. The predicted octanol–water partition coefficient (Wildman–Crippen LogP) is 1.81. The number of hydrogen-bond acceptors (Lipinski definition) is 8. The first-order chi connectivity index (χ1) is 15.3. The monoisotopic (exact) mass is 458 g/mol. The fourth-order valence-electron chi connectivity index (χ4n) is 3.75. The van der Waals surface area contributed by atoms with Crippen LogP contribution in [0.3, 0.4) is 0 Å². The molecule has 11 heteroatoms. The zero-order valence-electron chi connectivity index (χ0n) is 18.5. The number of anilines is 1. The second kappa shape index (κ2) is 8.75. The van der Waals surface area contributed by atoms with E-state index in [1.165, 1.54) is 24.6 Å². The molecule has 1 saturated heterocycles. The van der Waals surface area contributed by atoms with Crippen LogP contribution in [-0.4, -0.2) is 73.1 Å². The van der Waals surface area contributed by atoms with Crippen LogP contribution in [0.15, 0.2) is 41.3 Å². The molecule has 4 rings (SSSR count). The summed E-state index contributed by atoms with van der Waals surface area (Å²) in [5.74, 6) is 2.15. The summed E-state index contributed by atoms with van der Waals surface area (Å²) in [4.78, 5) is 2.15. The van der Waals surface area contributed by atoms with Gasteiger partial charge in [0.2, 0.25) is 10.0 Å². The fourth-order valence-corrected chi connectivity index (χ4v) is 5.30. The summed E-state index contributed by atoms with van der Waals surface area (Å²) in [5, 5.41) is 13.1. The van der Waals surface area contributed by atoms with Crippen molar-refractivity contribution in [1.29, 1.82) is 0 Å². The highest BCUT2D eigenvalue weighted by molar-refractivity contribution is 7.89. The Morgan fingerprint density at radius 1 is 0.875 bits per heavy atom. The van der Waals surface area contributed by atoms with Crippen molar-refractivity contribution in [3.63, 3.8) is 0 Å². The van der Waals surface area contributed by atoms with E-state index in [0.29, 0.717) is 43.6 Å². The highest BCUT2D eigenvalue weighted by Crippen LogP contribution is 2.31. The molecule has 1 fully saturated rings. The number of sulfonamides is 1. The van der Waals surface area contributed by atoms with Crippen molar-refractivity contribution in [3.05, 3.63) is 47.8 Å². The maximum absolute atomic E-state index is 13.2. The molecular weight excluding hydrogens is 432 g/mol. The number of aromatic nitrogens is 4. The first-order valence-corrected chi connectivity index (χ1v) is 11.6. The molecule has 0 saturated carbocycles. The zero-order valence-corrected chi connectivity index (χ0v) is 19.3. The van der Waals surface area contributed by atoms with Gasteiger partial charge in [0.25, 0.3) is 0 Å². The largest absolute Gasteiger partial charge is 0.497 e. The molecule has 0 spiro atoms. The Balaban J connectivity index is 1.46. The highest BCUT2D eigenvalue weighted by Gasteiger charge is 2.31. The van der Waals surface area contributed by atoms with Gasteiger partial charge < -0.3 is 14.4 Å². The standard InChI is InChI=1S/C21H26N6O4S/c1-15-13-16(2)27(24-15)21-8-7-20(22-23-21)25-9-11-26(12-10-25)32(28,29)19-6-5-17(30-3)14-18(19)31-4/h5-8,13-14H,9-12H2,1-4H3. The van der Waals surface area contributed by atoms with Gasteiger partial charge >= 0.3 is 0 Å². The van der Waals surface area contributed by atoms with Crippen LogP contribution in [-0.2, 0) is 10.0 Å². The number of ether oxygens (including phenoxy) is 2. The molecule has 0 atom stereocenters. The molecular formula is C21H26N6O4S. The van der Waals surface area contributed by atoms with Crippen molar-refractivity contribution < 1.29 is 17.9 Å². The van der Waals surface area contributed by atoms with Crippen LogP contribution in [0.25, 0.3) is 5.82 Å². The molecule has 1 aromatic carbocycles. The summed E-state index contributed by atoms with van der Waals surface area (Å²) in [6.45, 7) is 5.57. The van der Waals surface area contributed by atoms with Crippen molar-refractivity contribution in [2.24, 2.45) is 0 Å². The lowest BCUT2D eigenvalue weighted by atomic mass is 10.3. The molecule has 0 bridgehead atoms. The lowest BCUT2D eigenvalue weighted by Gasteiger charge is -2.34. The Kier molecular flexibility index (Phi) is 6.02. The molecule has 0 aliphatic carbocycles. The molecule has 2 aromatic heterocycles. The van der Waals surface area contributed by atoms with E-state index in [1.807, 2.05) is 36.9 Å². The van der Waals surface area contributed by atoms with Crippen LogP contribution >= 0.6 is 0 Å². The van der Waals surface area contributed by atoms with Gasteiger partial charge in [0, 0.05) is 37.9 Å². The Labute approximate surface area is 187 Å². The normalized spacial score (nSPS) is 15.1. The molecule has 10 nitrogen and oxygen atoms in total. The number of benzene rings is 1. The van der Waals surface area contributed by atoms with E-state index >= 15 is 0 Å². The average Bonchev–Trinajstić information content (AvgIpc) is 3.16. The fraction of sp³-hybridized carbons (Fsp3) is 0.381. The van der Waals surface area contributed by atoms with Crippen LogP contribution in [0.1, 0.15) is 11.4 Å². The minimum absolute atomic E-state index is 0.128. The van der Waals surface area contributed by atoms with E-state index in [1.54, 1.807) is 16.8 Å². The quantitative estimate of drug-likeness (QED) is 0.551. The van der Waals surface area contributed by atoms with Gasteiger partial charge in [0.1, 0.15) is 16.4 Å². The van der Waals surface area contributed by atoms with Gasteiger partial charge in [-0.15, -0.1) is 10.2 Å². The second-order valence-corrected chi connectivity index (χ2v) is 9.40. The van der Waals surface area contributed by atoms with Gasteiger partial charge in [-0.3, -0.25) is 0 Å². The summed E-state index contributed by atoms with van der Waals surface area (Å²) < 4.78 is 40.1. The molecule has 0 N–H and O–H groups in total. The third-order valence-corrected chi connectivity index (χ3v) is 7.35. The lowest BCUT2D eigenvalue weighted by Crippen LogP contribution is -2.49. The Morgan fingerprint density at radius 3 is 2.12 bits per heavy atom. The molecule has 1 aliphatic heterocycles. The van der Waals surface area contributed by atoms with E-state index in [0.717, 1.165) is 11.4 Å². The second-order valence-electron chi connectivity index (χ2n) is 7.50. The van der Waals surface area contributed by atoms with Crippen LogP contribution < -0.4 is 14.4 Å². The van der Waals surface area contributed by atoms with Crippen LogP contribution in [0.4, 0.5) is 5.82 Å². The first kappa shape index (κ1) is 22.0. The number of methoxy groups -OCH3 is 2. The van der Waals surface area contributed by atoms with Crippen LogP contribution in [0, 0.1) is 13.8 Å². The molecule has 32 heavy (non-hydrogen) atoms. The molecule has 0 unspecified atom stereocenters. The minimum atomic E-state index is -3.70. The van der Waals surface area contributed by atoms with E-state index < -0.39 is 10.0 Å². The summed E-state index contributed by atoms with van der Waals surface area (Å²) in [6, 6.07) is 10.4. The molecule has 3 aromatic rings. The minimum Gasteiger partial charge on any atom is -0.497 e. The van der Waals surface area contributed by atoms with Crippen molar-refractivity contribution >= 4 is 15.8 Å². The van der Waals surface area contributed by atoms with E-state index in [4.69, 9.17) is 9.47 Å². The van der Waals surface area contributed by atoms with Gasteiger partial charge in [-0.25, -0.2) is 13.1 Å². The first-order valence-electron chi connectivity index (χ1n) is 10.2. The zero-order chi connectivity index (χ0) is 22.9. The molecule has 3 heterocycles. The third-order valence-electron chi connectivity index (χ3n) is 5.41. The van der Waals surface area contributed by atoms with Crippen molar-refractivity contribution in [2.45, 2.75) is 18.7 Å². The highest BCUT2D eigenvalue weighted by atomic mass is 32.2. The number of aryl methyl sites for hydroxylation is 2. The Morgan fingerprint density at radius 2 is 1.56 bits per heavy atom. The number of nitrogens with zero attached hydrogens (tertiary/aromatic N) is 6. The van der Waals surface area contributed by atoms with Gasteiger partial charge in [0.15, 0.2) is 11.6 Å². The van der Waals surface area contributed by atoms with Crippen molar-refractivity contribution in [3.8, 4) is 17.3 Å². The molecule has 1 aliphatic rings. The van der Waals surface area contributed by atoms with Crippen molar-refractivity contribution in [2.75, 3.05) is 45.3 Å².